The predicted octanol–water partition coefficient (Wildman–Crippen LogP) is 2.98. The van der Waals surface area contributed by atoms with Crippen LogP contribution in [0, 0.1) is 10.1 Å². The van der Waals surface area contributed by atoms with Crippen molar-refractivity contribution >= 4 is 46.3 Å². The van der Waals surface area contributed by atoms with Crippen molar-refractivity contribution in [2.45, 2.75) is 0 Å². The SMILES string of the molecule is O=C(CN1C(=O)S/C(=C\c2cccc([N+](=O)[O-])c2O)C1=O)Nc1ccccc1. The van der Waals surface area contributed by atoms with Crippen LogP contribution in [0.2, 0.25) is 0 Å². The molecule has 0 aromatic heterocycles. The van der Waals surface area contributed by atoms with Gasteiger partial charge in [-0.1, -0.05) is 30.3 Å². The molecule has 9 nitrogen and oxygen atoms in total. The van der Waals surface area contributed by atoms with Crippen molar-refractivity contribution in [1.29, 1.82) is 0 Å². The number of benzene rings is 2. The lowest BCUT2D eigenvalue weighted by molar-refractivity contribution is -0.385. The first kappa shape index (κ1) is 19.1. The van der Waals surface area contributed by atoms with E-state index in [-0.39, 0.29) is 10.5 Å². The first-order valence-corrected chi connectivity index (χ1v) is 8.75. The van der Waals surface area contributed by atoms with Crippen LogP contribution in [-0.2, 0) is 9.59 Å². The van der Waals surface area contributed by atoms with Gasteiger partial charge in [0.2, 0.25) is 11.7 Å². The van der Waals surface area contributed by atoms with Gasteiger partial charge < -0.3 is 10.4 Å². The average Bonchev–Trinajstić information content (AvgIpc) is 2.91. The van der Waals surface area contributed by atoms with Crippen LogP contribution >= 0.6 is 11.8 Å². The second kappa shape index (κ2) is 7.92. The molecule has 1 saturated heterocycles. The number of rotatable bonds is 5. The van der Waals surface area contributed by atoms with Crippen molar-refractivity contribution in [2.24, 2.45) is 0 Å². The summed E-state index contributed by atoms with van der Waals surface area (Å²) in [6.45, 7) is -0.474. The van der Waals surface area contributed by atoms with Crippen molar-refractivity contribution < 1.29 is 24.4 Å². The highest BCUT2D eigenvalue weighted by atomic mass is 32.2. The molecule has 10 heteroatoms. The van der Waals surface area contributed by atoms with Gasteiger partial charge in [-0.05, 0) is 30.0 Å². The summed E-state index contributed by atoms with van der Waals surface area (Å²) < 4.78 is 0. The predicted molar refractivity (Wildman–Crippen MR) is 103 cm³/mol. The number of hydrogen-bond acceptors (Lipinski definition) is 7. The number of phenolic OH excluding ortho intramolecular Hbond substituents is 1. The van der Waals surface area contributed by atoms with Gasteiger partial charge in [0.1, 0.15) is 6.54 Å². The van der Waals surface area contributed by atoms with E-state index in [1.807, 2.05) is 0 Å². The number of nitrogens with one attached hydrogen (secondary N) is 1. The summed E-state index contributed by atoms with van der Waals surface area (Å²) in [6.07, 6.45) is 1.18. The lowest BCUT2D eigenvalue weighted by atomic mass is 10.1. The van der Waals surface area contributed by atoms with Crippen LogP contribution in [0.5, 0.6) is 5.75 Å². The number of aromatic hydroxyl groups is 1. The lowest BCUT2D eigenvalue weighted by Crippen LogP contribution is -2.36. The third kappa shape index (κ3) is 4.01. The maximum Gasteiger partial charge on any atom is 0.311 e. The normalized spacial score (nSPS) is 15.1. The van der Waals surface area contributed by atoms with Gasteiger partial charge in [-0.15, -0.1) is 0 Å². The Hall–Kier alpha value is -3.66. The number of imide groups is 1. The summed E-state index contributed by atoms with van der Waals surface area (Å²) in [6, 6.07) is 12.4. The van der Waals surface area contributed by atoms with Gasteiger partial charge in [0.05, 0.1) is 9.83 Å². The quantitative estimate of drug-likeness (QED) is 0.449. The maximum absolute atomic E-state index is 12.5. The molecule has 3 rings (SSSR count). The minimum atomic E-state index is -0.758. The summed E-state index contributed by atoms with van der Waals surface area (Å²) in [4.78, 5) is 47.5. The van der Waals surface area contributed by atoms with E-state index in [1.165, 1.54) is 18.2 Å². The molecule has 0 atom stereocenters. The third-order valence-corrected chi connectivity index (χ3v) is 4.67. The molecule has 1 aliphatic rings. The van der Waals surface area contributed by atoms with E-state index >= 15 is 0 Å². The van der Waals surface area contributed by atoms with Crippen LogP contribution in [0.1, 0.15) is 5.56 Å². The van der Waals surface area contributed by atoms with Crippen LogP contribution in [0.4, 0.5) is 16.2 Å². The summed E-state index contributed by atoms with van der Waals surface area (Å²) in [5.41, 5.74) is 0.0279. The monoisotopic (exact) mass is 399 g/mol. The molecule has 1 heterocycles. The highest BCUT2D eigenvalue weighted by molar-refractivity contribution is 8.18. The molecule has 2 aromatic rings. The van der Waals surface area contributed by atoms with E-state index in [0.717, 1.165) is 11.0 Å². The molecule has 0 aliphatic carbocycles. The average molecular weight is 399 g/mol. The number of nitro benzene ring substituents is 1. The number of hydrogen-bond donors (Lipinski definition) is 2. The number of carbonyl (C=O) groups excluding carboxylic acids is 3. The highest BCUT2D eigenvalue weighted by Crippen LogP contribution is 2.36. The first-order chi connectivity index (χ1) is 13.4. The molecule has 1 aliphatic heterocycles. The maximum atomic E-state index is 12.5. The molecular weight excluding hydrogens is 386 g/mol. The van der Waals surface area contributed by atoms with E-state index in [4.69, 9.17) is 0 Å². The third-order valence-electron chi connectivity index (χ3n) is 3.76. The van der Waals surface area contributed by atoms with E-state index in [0.29, 0.717) is 17.4 Å². The summed E-state index contributed by atoms with van der Waals surface area (Å²) in [5, 5.41) is 22.8. The summed E-state index contributed by atoms with van der Waals surface area (Å²) in [7, 11) is 0. The van der Waals surface area contributed by atoms with Gasteiger partial charge in [-0.25, -0.2) is 0 Å². The van der Waals surface area contributed by atoms with Crippen molar-refractivity contribution in [1.82, 2.24) is 4.90 Å². The van der Waals surface area contributed by atoms with E-state index in [2.05, 4.69) is 5.32 Å². The molecule has 142 valence electrons. The first-order valence-electron chi connectivity index (χ1n) is 7.93. The van der Waals surface area contributed by atoms with Crippen molar-refractivity contribution in [3.63, 3.8) is 0 Å². The lowest BCUT2D eigenvalue weighted by Gasteiger charge is -2.12. The van der Waals surface area contributed by atoms with Crippen LogP contribution in [0.15, 0.2) is 53.4 Å². The van der Waals surface area contributed by atoms with Gasteiger partial charge >= 0.3 is 5.69 Å². The van der Waals surface area contributed by atoms with Crippen LogP contribution < -0.4 is 5.32 Å². The smallest absolute Gasteiger partial charge is 0.311 e. The summed E-state index contributed by atoms with van der Waals surface area (Å²) >= 11 is 0.585. The number of para-hydroxylation sites is 2. The number of nitro groups is 1. The molecule has 0 bridgehead atoms. The zero-order chi connectivity index (χ0) is 20.3. The Morgan fingerprint density at radius 2 is 1.89 bits per heavy atom. The largest absolute Gasteiger partial charge is 0.502 e. The molecule has 3 amide bonds. The molecule has 0 saturated carbocycles. The topological polar surface area (TPSA) is 130 Å². The number of nitrogens with zero attached hydrogens (tertiary/aromatic N) is 2. The minimum absolute atomic E-state index is 0.0217. The molecule has 2 N–H and O–H groups in total. The number of thioether (sulfide) groups is 1. The van der Waals surface area contributed by atoms with Gasteiger partial charge in [0.25, 0.3) is 11.1 Å². The Kier molecular flexibility index (Phi) is 5.41. The van der Waals surface area contributed by atoms with Crippen molar-refractivity contribution in [2.75, 3.05) is 11.9 Å². The molecular formula is C18H13N3O6S. The zero-order valence-corrected chi connectivity index (χ0v) is 15.0. The van der Waals surface area contributed by atoms with Gasteiger partial charge in [0.15, 0.2) is 0 Å². The van der Waals surface area contributed by atoms with Crippen LogP contribution in [0.25, 0.3) is 6.08 Å². The Labute approximate surface area is 162 Å². The summed E-state index contributed by atoms with van der Waals surface area (Å²) in [5.74, 6) is -1.88. The van der Waals surface area contributed by atoms with E-state index in [9.17, 15) is 29.6 Å². The van der Waals surface area contributed by atoms with Gasteiger partial charge in [-0.3, -0.25) is 29.4 Å². The van der Waals surface area contributed by atoms with E-state index < -0.39 is 40.0 Å². The van der Waals surface area contributed by atoms with Crippen molar-refractivity contribution in [3.8, 4) is 5.75 Å². The number of amides is 3. The standard InChI is InChI=1S/C18H13N3O6S/c22-15(19-12-6-2-1-3-7-12)10-20-17(24)14(28-18(20)25)9-11-5-4-8-13(16(11)23)21(26)27/h1-9,23H,10H2,(H,19,22)/b14-9-. The number of anilines is 1. The molecule has 1 fully saturated rings. The van der Waals surface area contributed by atoms with Crippen molar-refractivity contribution in [3.05, 3.63) is 69.1 Å². The molecule has 0 spiro atoms. The Morgan fingerprint density at radius 1 is 1.18 bits per heavy atom. The van der Waals surface area contributed by atoms with E-state index in [1.54, 1.807) is 30.3 Å². The molecule has 2 aromatic carbocycles. The molecule has 0 unspecified atom stereocenters. The van der Waals surface area contributed by atoms with Gasteiger partial charge in [0, 0.05) is 17.3 Å². The Morgan fingerprint density at radius 3 is 2.57 bits per heavy atom. The Balaban J connectivity index is 1.76. The highest BCUT2D eigenvalue weighted by Gasteiger charge is 2.36. The second-order valence-electron chi connectivity index (χ2n) is 5.65. The fraction of sp³-hybridized carbons (Fsp3) is 0.0556. The fourth-order valence-corrected chi connectivity index (χ4v) is 3.28. The minimum Gasteiger partial charge on any atom is -0.502 e. The fourth-order valence-electron chi connectivity index (χ4n) is 2.46. The van der Waals surface area contributed by atoms with Gasteiger partial charge in [-0.2, -0.15) is 0 Å². The number of carbonyl (C=O) groups is 3. The Bertz CT molecular complexity index is 1010. The molecule has 28 heavy (non-hydrogen) atoms. The van der Waals surface area contributed by atoms with Crippen LogP contribution in [-0.4, -0.2) is 38.5 Å². The number of phenols is 1. The second-order valence-corrected chi connectivity index (χ2v) is 6.65. The van der Waals surface area contributed by atoms with Crippen LogP contribution in [0.3, 0.4) is 0 Å². The molecule has 0 radical (unpaired) electrons. The zero-order valence-electron chi connectivity index (χ0n) is 14.2.